The van der Waals surface area contributed by atoms with Crippen molar-refractivity contribution in [1.82, 2.24) is 34.6 Å². The molecule has 21 nitrogen and oxygen atoms in total. The number of rotatable bonds is 23. The minimum absolute atomic E-state index is 0.00153. The van der Waals surface area contributed by atoms with E-state index in [4.69, 9.17) is 68.6 Å². The zero-order valence-corrected chi connectivity index (χ0v) is 61.0. The van der Waals surface area contributed by atoms with Gasteiger partial charge in [-0.1, -0.05) is 72.2 Å². The lowest BCUT2D eigenvalue weighted by Crippen LogP contribution is -2.26. The molecular formula is C82H65Cl3F2N10O11. The number of ether oxygens (including phenoxy) is 4. The fourth-order valence-electron chi connectivity index (χ4n) is 12.9. The average molecular weight is 1510 g/mol. The second kappa shape index (κ2) is 31.3. The van der Waals surface area contributed by atoms with Gasteiger partial charge >= 0.3 is 0 Å². The van der Waals surface area contributed by atoms with Crippen molar-refractivity contribution in [3.8, 4) is 90.3 Å². The number of aromatic nitrogens is 6. The first-order chi connectivity index (χ1) is 52.1. The monoisotopic (exact) mass is 1510 g/mol. The first-order valence-corrected chi connectivity index (χ1v) is 34.8. The average Bonchev–Trinajstić information content (AvgIpc) is 0.937. The fourth-order valence-corrected chi connectivity index (χ4v) is 13.8. The standard InChI is InChI=1S/C82H65Cl3F2N10O11/c1-9-72(98)92-63-22-14-44(27-59(63)65-36-67-50(40-89-65)30-56(81(102)95(67)11-3)54-29-48(17-20-60(54)83)80(101)94-106-8)42-108-71-35-53(104-6)34-55(78(71)87)57-31-51-41-88-64(37-68(51)97(43(4)5)82(57)103)58-33-52(19-21-61(58)86)91-73(99)13-12-26-107-70-38-69(105-7)76(84)75(77(70)85)46-18-23-62-49(28-46)39-90-79(93-62)47-16-15-45-24-25-96(66(45)32-47)74(100)10-2/h9-10,12-23,27-41,43H,1-2,11,24-26,42H2,3-8H3,(H,91,99)(H,92,98)(H,94,101). The number of benzene rings is 7. The van der Waals surface area contributed by atoms with Crippen LogP contribution in [0.2, 0.25) is 15.1 Å². The van der Waals surface area contributed by atoms with E-state index in [2.05, 4.69) is 39.2 Å². The van der Waals surface area contributed by atoms with E-state index >= 15 is 8.78 Å². The number of nitrogens with one attached hydrogen (secondary N) is 3. The van der Waals surface area contributed by atoms with E-state index in [-0.39, 0.29) is 103 Å². The van der Waals surface area contributed by atoms with Crippen molar-refractivity contribution in [1.29, 1.82) is 0 Å². The number of amides is 4. The molecule has 1 aliphatic heterocycles. The van der Waals surface area contributed by atoms with Crippen LogP contribution in [0.3, 0.4) is 0 Å². The van der Waals surface area contributed by atoms with Crippen LogP contribution in [0.15, 0.2) is 199 Å². The number of hydrogen-bond donors (Lipinski definition) is 3. The highest BCUT2D eigenvalue weighted by Gasteiger charge is 2.27. The first kappa shape index (κ1) is 73.9. The van der Waals surface area contributed by atoms with Gasteiger partial charge in [0.15, 0.2) is 17.4 Å². The van der Waals surface area contributed by atoms with Crippen molar-refractivity contribution in [2.24, 2.45) is 0 Å². The summed E-state index contributed by atoms with van der Waals surface area (Å²) in [6, 6.07) is 34.9. The molecule has 0 saturated heterocycles. The van der Waals surface area contributed by atoms with Crippen LogP contribution in [0.25, 0.3) is 100.0 Å². The van der Waals surface area contributed by atoms with Crippen molar-refractivity contribution >= 4 is 108 Å². The van der Waals surface area contributed by atoms with Gasteiger partial charge in [-0.05, 0) is 159 Å². The molecule has 5 aromatic heterocycles. The topological polar surface area (TPSA) is 249 Å². The summed E-state index contributed by atoms with van der Waals surface area (Å²) in [5.74, 6) is -2.52. The van der Waals surface area contributed by atoms with Crippen molar-refractivity contribution in [2.45, 2.75) is 46.4 Å². The molecule has 3 N–H and O–H groups in total. The Hall–Kier alpha value is -12.4. The quantitative estimate of drug-likeness (QED) is 0.0398. The molecule has 0 unspecified atom stereocenters. The highest BCUT2D eigenvalue weighted by molar-refractivity contribution is 6.41. The van der Waals surface area contributed by atoms with Crippen LogP contribution < -0.4 is 51.1 Å². The van der Waals surface area contributed by atoms with Gasteiger partial charge in [0.2, 0.25) is 17.7 Å². The highest BCUT2D eigenvalue weighted by Crippen LogP contribution is 2.47. The van der Waals surface area contributed by atoms with Crippen molar-refractivity contribution in [3.05, 3.63) is 254 Å². The maximum atomic E-state index is 17.3. The van der Waals surface area contributed by atoms with E-state index in [1.807, 2.05) is 36.4 Å². The molecule has 108 heavy (non-hydrogen) atoms. The number of carbonyl (C=O) groups excluding carboxylic acids is 4. The van der Waals surface area contributed by atoms with Gasteiger partial charge in [-0.15, -0.1) is 0 Å². The zero-order chi connectivity index (χ0) is 76.4. The first-order valence-electron chi connectivity index (χ1n) is 33.7. The molecule has 0 bridgehead atoms. The Kier molecular flexibility index (Phi) is 21.4. The van der Waals surface area contributed by atoms with Crippen molar-refractivity contribution < 1.29 is 51.7 Å². The fraction of sp³-hybridized carbons (Fsp3) is 0.146. The van der Waals surface area contributed by atoms with E-state index in [1.54, 1.807) is 74.5 Å². The third-order valence-corrected chi connectivity index (χ3v) is 19.3. The highest BCUT2D eigenvalue weighted by atomic mass is 35.5. The summed E-state index contributed by atoms with van der Waals surface area (Å²) in [5, 5.41) is 7.85. The summed E-state index contributed by atoms with van der Waals surface area (Å²) >= 11 is 20.6. The SMILES string of the molecule is C=CC(=O)Nc1ccc(COc2cc(OC)cc(-c3cc4cnc(-c5cc(NC(=O)C=CCOc6cc(OC)c(Cl)c(-c7ccc8nc(-c9ccc%10c(c9)N(C(=O)C=C)CC%10)ncc8c7)c6Cl)ccc5F)cc4n(C(C)C)c3=O)c2F)cc1-c1cc2c(cn1)cc(-c1cc(C(=O)NOC)ccc1Cl)c(=O)n2CC. The number of fused-ring (bicyclic) bond motifs is 4. The van der Waals surface area contributed by atoms with Crippen LogP contribution >= 0.6 is 34.8 Å². The Bertz CT molecular complexity index is 5910. The van der Waals surface area contributed by atoms with Crippen LogP contribution in [0.5, 0.6) is 23.0 Å². The molecule has 0 radical (unpaired) electrons. The summed E-state index contributed by atoms with van der Waals surface area (Å²) < 4.78 is 59.8. The summed E-state index contributed by atoms with van der Waals surface area (Å²) in [5.41, 5.74) is 8.87. The maximum Gasteiger partial charge on any atom is 0.274 e. The second-order valence-corrected chi connectivity index (χ2v) is 26.3. The lowest BCUT2D eigenvalue weighted by Gasteiger charge is -2.19. The number of carbonyl (C=O) groups is 4. The van der Waals surface area contributed by atoms with E-state index in [1.165, 1.54) is 116 Å². The normalized spacial score (nSPS) is 11.9. The number of nitrogens with zero attached hydrogens (tertiary/aromatic N) is 7. The largest absolute Gasteiger partial charge is 0.497 e. The van der Waals surface area contributed by atoms with Gasteiger partial charge in [0, 0.05) is 133 Å². The van der Waals surface area contributed by atoms with Gasteiger partial charge in [0.1, 0.15) is 36.3 Å². The molecule has 0 saturated carbocycles. The Morgan fingerprint density at radius 1 is 0.648 bits per heavy atom. The van der Waals surface area contributed by atoms with Gasteiger partial charge in [0.25, 0.3) is 17.0 Å². The number of halogens is 5. The second-order valence-electron chi connectivity index (χ2n) is 25.1. The number of anilines is 3. The molecule has 0 spiro atoms. The predicted molar refractivity (Wildman–Crippen MR) is 415 cm³/mol. The smallest absolute Gasteiger partial charge is 0.274 e. The minimum atomic E-state index is -0.888. The van der Waals surface area contributed by atoms with Gasteiger partial charge < -0.3 is 43.6 Å². The van der Waals surface area contributed by atoms with E-state index < -0.39 is 46.5 Å². The molecule has 7 aromatic carbocycles. The molecule has 0 atom stereocenters. The van der Waals surface area contributed by atoms with Crippen LogP contribution in [-0.4, -0.2) is 87.2 Å². The molecule has 0 fully saturated rings. The lowest BCUT2D eigenvalue weighted by molar-refractivity contribution is -0.114. The molecule has 1 aliphatic rings. The molecule has 26 heteroatoms. The molecule has 6 heterocycles. The molecule has 544 valence electrons. The number of pyridine rings is 4. The summed E-state index contributed by atoms with van der Waals surface area (Å²) in [6.45, 7) is 13.0. The number of hydroxylamine groups is 1. The Balaban J connectivity index is 0.715. The van der Waals surface area contributed by atoms with Crippen molar-refractivity contribution in [3.63, 3.8) is 0 Å². The van der Waals surface area contributed by atoms with E-state index in [9.17, 15) is 28.8 Å². The predicted octanol–water partition coefficient (Wildman–Crippen LogP) is 16.6. The summed E-state index contributed by atoms with van der Waals surface area (Å²) in [7, 11) is 4.14. The molecular weight excluding hydrogens is 1450 g/mol. The maximum absolute atomic E-state index is 17.3. The molecule has 12 aromatic rings. The summed E-state index contributed by atoms with van der Waals surface area (Å²) in [6.07, 6.45) is 10.6. The minimum Gasteiger partial charge on any atom is -0.497 e. The van der Waals surface area contributed by atoms with Crippen LogP contribution in [0, 0.1) is 11.6 Å². The number of hydrogen-bond acceptors (Lipinski definition) is 15. The third kappa shape index (κ3) is 14.7. The summed E-state index contributed by atoms with van der Waals surface area (Å²) in [4.78, 5) is 106. The van der Waals surface area contributed by atoms with Crippen LogP contribution in [0.1, 0.15) is 48.3 Å². The Morgan fingerprint density at radius 3 is 2.11 bits per heavy atom. The Labute approximate surface area is 631 Å². The molecule has 13 rings (SSSR count). The van der Waals surface area contributed by atoms with Gasteiger partial charge in [-0.3, -0.25) is 43.6 Å². The van der Waals surface area contributed by atoms with E-state index in [0.29, 0.717) is 84.3 Å². The lowest BCUT2D eigenvalue weighted by atomic mass is 10.0. The number of methoxy groups -OCH3 is 2. The van der Waals surface area contributed by atoms with Crippen LogP contribution in [-0.2, 0) is 38.8 Å². The molecule has 4 amide bonds. The Morgan fingerprint density at radius 2 is 1.38 bits per heavy atom. The van der Waals surface area contributed by atoms with E-state index in [0.717, 1.165) is 29.3 Å². The third-order valence-electron chi connectivity index (χ3n) is 18.2. The number of aryl methyl sites for hydroxylation is 1. The van der Waals surface area contributed by atoms with Crippen LogP contribution in [0.4, 0.5) is 25.8 Å². The van der Waals surface area contributed by atoms with Crippen molar-refractivity contribution in [2.75, 3.05) is 50.0 Å². The molecule has 0 aliphatic carbocycles. The van der Waals surface area contributed by atoms with Gasteiger partial charge in [-0.2, -0.15) is 0 Å². The van der Waals surface area contributed by atoms with Gasteiger partial charge in [0.05, 0.1) is 70.6 Å². The van der Waals surface area contributed by atoms with Gasteiger partial charge in [-0.25, -0.2) is 24.2 Å². The zero-order valence-electron chi connectivity index (χ0n) is 58.8.